The van der Waals surface area contributed by atoms with Gasteiger partial charge in [-0.2, -0.15) is 0 Å². The van der Waals surface area contributed by atoms with Crippen molar-refractivity contribution in [1.82, 2.24) is 0 Å². The van der Waals surface area contributed by atoms with E-state index in [0.717, 1.165) is 6.54 Å². The molecule has 0 aromatic rings. The fourth-order valence-corrected chi connectivity index (χ4v) is 2.07. The zero-order valence-corrected chi connectivity index (χ0v) is 8.35. The molecule has 0 radical (unpaired) electrons. The summed E-state index contributed by atoms with van der Waals surface area (Å²) in [4.78, 5) is 12.9. The molecular formula is C10H18NO+. The van der Waals surface area contributed by atoms with Gasteiger partial charge in [-0.15, -0.1) is 0 Å². The topological polar surface area (TPSA) is 21.5 Å². The van der Waals surface area contributed by atoms with Gasteiger partial charge >= 0.3 is 0 Å². The Labute approximate surface area is 74.2 Å². The molecule has 2 atom stereocenters. The number of ketones is 1. The minimum Gasteiger partial charge on any atom is -0.325 e. The molecule has 0 bridgehead atoms. The van der Waals surface area contributed by atoms with Gasteiger partial charge in [-0.1, -0.05) is 13.8 Å². The van der Waals surface area contributed by atoms with Crippen molar-refractivity contribution in [2.45, 2.75) is 26.8 Å². The van der Waals surface area contributed by atoms with Gasteiger partial charge in [0.05, 0.1) is 13.6 Å². The van der Waals surface area contributed by atoms with Crippen LogP contribution in [0.5, 0.6) is 0 Å². The summed E-state index contributed by atoms with van der Waals surface area (Å²) in [7, 11) is 2.10. The van der Waals surface area contributed by atoms with Crippen molar-refractivity contribution in [1.29, 1.82) is 0 Å². The first-order chi connectivity index (χ1) is 5.52. The van der Waals surface area contributed by atoms with Crippen LogP contribution < -0.4 is 4.90 Å². The second kappa shape index (κ2) is 3.40. The molecule has 0 spiro atoms. The Kier molecular flexibility index (Phi) is 2.68. The summed E-state index contributed by atoms with van der Waals surface area (Å²) in [5.41, 5.74) is 1.20. The first kappa shape index (κ1) is 9.46. The predicted octanol–water partition coefficient (Wildman–Crippen LogP) is 0.0547. The summed E-state index contributed by atoms with van der Waals surface area (Å²) < 4.78 is 0. The van der Waals surface area contributed by atoms with Crippen LogP contribution in [0.15, 0.2) is 11.6 Å². The lowest BCUT2D eigenvalue weighted by Crippen LogP contribution is -3.15. The van der Waals surface area contributed by atoms with Gasteiger partial charge in [-0.3, -0.25) is 4.79 Å². The molecule has 1 rings (SSSR count). The van der Waals surface area contributed by atoms with Gasteiger partial charge in [-0.05, 0) is 18.6 Å². The van der Waals surface area contributed by atoms with Gasteiger partial charge in [-0.25, -0.2) is 0 Å². The quantitative estimate of drug-likeness (QED) is 0.587. The van der Waals surface area contributed by atoms with E-state index in [2.05, 4.69) is 20.9 Å². The summed E-state index contributed by atoms with van der Waals surface area (Å²) in [6, 6.07) is 0.175. The van der Waals surface area contributed by atoms with E-state index < -0.39 is 0 Å². The summed E-state index contributed by atoms with van der Waals surface area (Å²) in [6.07, 6.45) is 1.80. The van der Waals surface area contributed by atoms with Gasteiger partial charge in [0.2, 0.25) is 5.78 Å². The third-order valence-corrected chi connectivity index (χ3v) is 2.45. The molecule has 2 heteroatoms. The lowest BCUT2D eigenvalue weighted by atomic mass is 9.93. The fraction of sp³-hybridized carbons (Fsp3) is 0.700. The molecule has 68 valence electrons. The Morgan fingerprint density at radius 3 is 2.58 bits per heavy atom. The molecule has 1 aliphatic rings. The van der Waals surface area contributed by atoms with E-state index in [1.807, 2.05) is 6.92 Å². The Balaban J connectivity index is 2.83. The molecular weight excluding hydrogens is 150 g/mol. The number of rotatable bonds is 1. The monoisotopic (exact) mass is 168 g/mol. The van der Waals surface area contributed by atoms with E-state index in [4.69, 9.17) is 0 Å². The minimum absolute atomic E-state index is 0.175. The van der Waals surface area contributed by atoms with Gasteiger partial charge < -0.3 is 4.90 Å². The molecule has 2 nitrogen and oxygen atoms in total. The molecule has 12 heavy (non-hydrogen) atoms. The van der Waals surface area contributed by atoms with Crippen LogP contribution in [0.4, 0.5) is 0 Å². The van der Waals surface area contributed by atoms with Gasteiger partial charge in [0, 0.05) is 5.92 Å². The number of carbonyl (C=O) groups is 1. The van der Waals surface area contributed by atoms with Crippen molar-refractivity contribution >= 4 is 5.78 Å². The van der Waals surface area contributed by atoms with Crippen LogP contribution in [0.2, 0.25) is 0 Å². The van der Waals surface area contributed by atoms with Crippen molar-refractivity contribution in [3.8, 4) is 0 Å². The summed E-state index contributed by atoms with van der Waals surface area (Å²) >= 11 is 0. The smallest absolute Gasteiger partial charge is 0.213 e. The molecule has 0 amide bonds. The van der Waals surface area contributed by atoms with Crippen LogP contribution >= 0.6 is 0 Å². The van der Waals surface area contributed by atoms with E-state index in [-0.39, 0.29) is 6.04 Å². The van der Waals surface area contributed by atoms with Crippen molar-refractivity contribution in [3.63, 3.8) is 0 Å². The number of hydrogen-bond acceptors (Lipinski definition) is 1. The molecule has 0 saturated carbocycles. The van der Waals surface area contributed by atoms with Crippen LogP contribution in [0, 0.1) is 5.92 Å². The number of carbonyl (C=O) groups excluding carboxylic acids is 1. The summed E-state index contributed by atoms with van der Waals surface area (Å²) in [6.45, 7) is 7.26. The van der Waals surface area contributed by atoms with Crippen molar-refractivity contribution in [3.05, 3.63) is 11.6 Å². The first-order valence-electron chi connectivity index (χ1n) is 4.55. The maximum Gasteiger partial charge on any atom is 0.213 e. The van der Waals surface area contributed by atoms with E-state index in [9.17, 15) is 4.79 Å². The van der Waals surface area contributed by atoms with E-state index in [1.165, 1.54) is 10.5 Å². The first-order valence-corrected chi connectivity index (χ1v) is 4.55. The second-order valence-corrected chi connectivity index (χ2v) is 4.14. The van der Waals surface area contributed by atoms with Crippen LogP contribution in [-0.4, -0.2) is 25.4 Å². The molecule has 0 saturated heterocycles. The Bertz CT molecular complexity index is 218. The standard InChI is InChI=1S/C10H17NO/c1-7(2)10-9(12)5-8(3)6-11(10)4/h5,7,10H,6H2,1-4H3/p+1/t10-/m0/s1. The lowest BCUT2D eigenvalue weighted by Gasteiger charge is -2.29. The Morgan fingerprint density at radius 1 is 1.58 bits per heavy atom. The Morgan fingerprint density at radius 2 is 2.17 bits per heavy atom. The predicted molar refractivity (Wildman–Crippen MR) is 49.1 cm³/mol. The SMILES string of the molecule is CC1=CC(=O)[C@H](C(C)C)[NH+](C)C1. The number of likely N-dealkylation sites (N-methyl/N-ethyl adjacent to an activating group) is 1. The highest BCUT2D eigenvalue weighted by Crippen LogP contribution is 2.05. The molecule has 1 N–H and O–H groups in total. The average Bonchev–Trinajstić information content (AvgIpc) is 1.82. The maximum absolute atomic E-state index is 11.6. The molecule has 0 aliphatic carbocycles. The maximum atomic E-state index is 11.6. The molecule has 0 fully saturated rings. The second-order valence-electron chi connectivity index (χ2n) is 4.14. The lowest BCUT2D eigenvalue weighted by molar-refractivity contribution is -0.895. The van der Waals surface area contributed by atoms with Gasteiger partial charge in [0.15, 0.2) is 6.04 Å². The highest BCUT2D eigenvalue weighted by molar-refractivity contribution is 5.94. The van der Waals surface area contributed by atoms with E-state index in [1.54, 1.807) is 6.08 Å². The molecule has 1 unspecified atom stereocenters. The molecule has 1 aliphatic heterocycles. The molecule has 0 aromatic carbocycles. The van der Waals surface area contributed by atoms with Crippen molar-refractivity contribution in [2.24, 2.45) is 5.92 Å². The highest BCUT2D eigenvalue weighted by atomic mass is 16.1. The van der Waals surface area contributed by atoms with Crippen LogP contribution in [-0.2, 0) is 4.79 Å². The fourth-order valence-electron chi connectivity index (χ4n) is 2.07. The van der Waals surface area contributed by atoms with Gasteiger partial charge in [0.1, 0.15) is 0 Å². The van der Waals surface area contributed by atoms with Crippen LogP contribution in [0.1, 0.15) is 20.8 Å². The van der Waals surface area contributed by atoms with Crippen molar-refractivity contribution < 1.29 is 9.69 Å². The number of quaternary nitrogens is 1. The summed E-state index contributed by atoms with van der Waals surface area (Å²) in [5, 5.41) is 0. The minimum atomic E-state index is 0.175. The zero-order chi connectivity index (χ0) is 9.30. The average molecular weight is 168 g/mol. The summed E-state index contributed by atoms with van der Waals surface area (Å²) in [5.74, 6) is 0.744. The van der Waals surface area contributed by atoms with E-state index in [0.29, 0.717) is 11.7 Å². The zero-order valence-electron chi connectivity index (χ0n) is 8.35. The molecule has 0 aromatic heterocycles. The third kappa shape index (κ3) is 1.75. The third-order valence-electron chi connectivity index (χ3n) is 2.45. The van der Waals surface area contributed by atoms with Gasteiger partial charge in [0.25, 0.3) is 0 Å². The van der Waals surface area contributed by atoms with Crippen molar-refractivity contribution in [2.75, 3.05) is 13.6 Å². The number of nitrogens with one attached hydrogen (secondary N) is 1. The Hall–Kier alpha value is -0.630. The molecule has 1 heterocycles. The normalized spacial score (nSPS) is 30.8. The largest absolute Gasteiger partial charge is 0.325 e. The number of hydrogen-bond donors (Lipinski definition) is 1. The van der Waals surface area contributed by atoms with Crippen LogP contribution in [0.25, 0.3) is 0 Å². The highest BCUT2D eigenvalue weighted by Gasteiger charge is 2.31. The van der Waals surface area contributed by atoms with E-state index >= 15 is 0 Å². The van der Waals surface area contributed by atoms with Crippen LogP contribution in [0.3, 0.4) is 0 Å².